The van der Waals surface area contributed by atoms with Crippen LogP contribution in [0.5, 0.6) is 0 Å². The Morgan fingerprint density at radius 1 is 1.12 bits per heavy atom. The van der Waals surface area contributed by atoms with Crippen molar-refractivity contribution in [2.24, 2.45) is 0 Å². The van der Waals surface area contributed by atoms with Crippen LogP contribution in [-0.4, -0.2) is 32.9 Å². The summed E-state index contributed by atoms with van der Waals surface area (Å²) in [6.07, 6.45) is 3.48. The molecular formula is C19H21N3O3. The zero-order valence-corrected chi connectivity index (χ0v) is 14.8. The molecule has 0 aliphatic carbocycles. The molecule has 1 N–H and O–H groups in total. The molecule has 1 aliphatic rings. The Labute approximate surface area is 146 Å². The standard InChI is InChI=1S/C19H21N3O3/c1-5-21-11-12(13-8-6-7-9-15(13)21)10-14-16(23)20-18(25)22(17(14)24)19(2,3)4/h6-11H,5H2,1-4H3,(H,20,23,25)/b14-10-. The summed E-state index contributed by atoms with van der Waals surface area (Å²) in [4.78, 5) is 38.2. The van der Waals surface area contributed by atoms with Crippen LogP contribution in [0.3, 0.4) is 0 Å². The van der Waals surface area contributed by atoms with Gasteiger partial charge in [0.2, 0.25) is 0 Å². The van der Waals surface area contributed by atoms with E-state index >= 15 is 0 Å². The Kier molecular flexibility index (Phi) is 3.99. The molecule has 0 bridgehead atoms. The van der Waals surface area contributed by atoms with Gasteiger partial charge in [-0.3, -0.25) is 19.8 Å². The van der Waals surface area contributed by atoms with E-state index in [1.54, 1.807) is 26.8 Å². The number of carbonyl (C=O) groups is 3. The van der Waals surface area contributed by atoms with Crippen molar-refractivity contribution in [1.82, 2.24) is 14.8 Å². The molecule has 130 valence electrons. The van der Waals surface area contributed by atoms with E-state index < -0.39 is 23.4 Å². The molecule has 1 fully saturated rings. The molecule has 0 unspecified atom stereocenters. The van der Waals surface area contributed by atoms with Crippen LogP contribution in [0.1, 0.15) is 33.3 Å². The third kappa shape index (κ3) is 2.84. The van der Waals surface area contributed by atoms with Gasteiger partial charge in [-0.15, -0.1) is 0 Å². The molecule has 0 radical (unpaired) electrons. The van der Waals surface area contributed by atoms with Crippen molar-refractivity contribution in [3.63, 3.8) is 0 Å². The second kappa shape index (κ2) is 5.88. The number of fused-ring (bicyclic) bond motifs is 1. The summed E-state index contributed by atoms with van der Waals surface area (Å²) in [5.74, 6) is -1.24. The summed E-state index contributed by atoms with van der Waals surface area (Å²) < 4.78 is 2.06. The number of nitrogens with one attached hydrogen (secondary N) is 1. The van der Waals surface area contributed by atoms with Gasteiger partial charge >= 0.3 is 6.03 Å². The molecule has 3 rings (SSSR count). The number of rotatable bonds is 2. The van der Waals surface area contributed by atoms with Crippen LogP contribution in [0.15, 0.2) is 36.0 Å². The molecule has 1 aliphatic heterocycles. The van der Waals surface area contributed by atoms with Crippen molar-refractivity contribution in [1.29, 1.82) is 0 Å². The number of nitrogens with zero attached hydrogens (tertiary/aromatic N) is 2. The number of para-hydroxylation sites is 1. The molecule has 2 heterocycles. The van der Waals surface area contributed by atoms with Gasteiger partial charge in [0, 0.05) is 34.7 Å². The fraction of sp³-hybridized carbons (Fsp3) is 0.316. The Bertz CT molecular complexity index is 916. The normalized spacial score (nSPS) is 17.5. The number of hydrogen-bond acceptors (Lipinski definition) is 3. The van der Waals surface area contributed by atoms with Gasteiger partial charge in [0.05, 0.1) is 0 Å². The molecule has 1 saturated heterocycles. The van der Waals surface area contributed by atoms with Gasteiger partial charge < -0.3 is 4.57 Å². The molecule has 6 heteroatoms. The highest BCUT2D eigenvalue weighted by molar-refractivity contribution is 6.31. The number of aryl methyl sites for hydroxylation is 1. The van der Waals surface area contributed by atoms with Gasteiger partial charge in [0.15, 0.2) is 0 Å². The van der Waals surface area contributed by atoms with Crippen molar-refractivity contribution in [2.75, 3.05) is 0 Å². The summed E-state index contributed by atoms with van der Waals surface area (Å²) in [6, 6.07) is 7.12. The summed E-state index contributed by atoms with van der Waals surface area (Å²) in [5, 5.41) is 3.21. The van der Waals surface area contributed by atoms with Crippen molar-refractivity contribution in [2.45, 2.75) is 39.8 Å². The topological polar surface area (TPSA) is 71.4 Å². The molecule has 6 nitrogen and oxygen atoms in total. The fourth-order valence-electron chi connectivity index (χ4n) is 3.07. The average Bonchev–Trinajstić information content (AvgIpc) is 2.88. The number of amides is 4. The zero-order valence-electron chi connectivity index (χ0n) is 14.8. The molecular weight excluding hydrogens is 318 g/mol. The van der Waals surface area contributed by atoms with Crippen molar-refractivity contribution in [3.05, 3.63) is 41.6 Å². The smallest absolute Gasteiger partial charge is 0.331 e. The molecule has 0 atom stereocenters. The second-order valence-corrected chi connectivity index (χ2v) is 7.02. The van der Waals surface area contributed by atoms with Crippen LogP contribution in [0, 0.1) is 0 Å². The fourth-order valence-corrected chi connectivity index (χ4v) is 3.07. The number of benzene rings is 1. The van der Waals surface area contributed by atoms with Crippen molar-refractivity contribution < 1.29 is 14.4 Å². The van der Waals surface area contributed by atoms with Gasteiger partial charge in [0.1, 0.15) is 5.57 Å². The summed E-state index contributed by atoms with van der Waals surface area (Å²) in [7, 11) is 0. The van der Waals surface area contributed by atoms with Crippen LogP contribution in [0.4, 0.5) is 4.79 Å². The first kappa shape index (κ1) is 17.0. The quantitative estimate of drug-likeness (QED) is 0.675. The van der Waals surface area contributed by atoms with Crippen molar-refractivity contribution >= 4 is 34.8 Å². The number of barbiturate groups is 1. The van der Waals surface area contributed by atoms with Gasteiger partial charge in [-0.25, -0.2) is 4.79 Å². The Balaban J connectivity index is 2.13. The van der Waals surface area contributed by atoms with Crippen LogP contribution in [0.2, 0.25) is 0 Å². The first-order valence-corrected chi connectivity index (χ1v) is 8.23. The van der Waals surface area contributed by atoms with Crippen LogP contribution in [0.25, 0.3) is 17.0 Å². The summed E-state index contributed by atoms with van der Waals surface area (Å²) >= 11 is 0. The third-order valence-corrected chi connectivity index (χ3v) is 4.23. The van der Waals surface area contributed by atoms with E-state index in [-0.39, 0.29) is 5.57 Å². The molecule has 1 aromatic heterocycles. The highest BCUT2D eigenvalue weighted by Crippen LogP contribution is 2.26. The number of imide groups is 2. The van der Waals surface area contributed by atoms with Gasteiger partial charge in [-0.2, -0.15) is 0 Å². The minimum atomic E-state index is -0.724. The lowest BCUT2D eigenvalue weighted by atomic mass is 10.0. The molecule has 2 aromatic rings. The number of urea groups is 1. The maximum Gasteiger partial charge on any atom is 0.331 e. The van der Waals surface area contributed by atoms with E-state index in [1.807, 2.05) is 37.4 Å². The number of carbonyl (C=O) groups excluding carboxylic acids is 3. The van der Waals surface area contributed by atoms with Gasteiger partial charge in [-0.1, -0.05) is 18.2 Å². The van der Waals surface area contributed by atoms with E-state index in [2.05, 4.69) is 9.88 Å². The SMILES string of the molecule is CCn1cc(/C=C2/C(=O)NC(=O)N(C(C)(C)C)C2=O)c2ccccc21. The maximum atomic E-state index is 12.8. The zero-order chi connectivity index (χ0) is 18.4. The monoisotopic (exact) mass is 339 g/mol. The minimum absolute atomic E-state index is 0.0338. The predicted molar refractivity (Wildman–Crippen MR) is 95.7 cm³/mol. The van der Waals surface area contributed by atoms with Gasteiger partial charge in [-0.05, 0) is 39.8 Å². The lowest BCUT2D eigenvalue weighted by molar-refractivity contribution is -0.133. The molecule has 25 heavy (non-hydrogen) atoms. The van der Waals surface area contributed by atoms with E-state index in [4.69, 9.17) is 0 Å². The van der Waals surface area contributed by atoms with E-state index in [0.29, 0.717) is 0 Å². The minimum Gasteiger partial charge on any atom is -0.347 e. The lowest BCUT2D eigenvalue weighted by Gasteiger charge is -2.36. The van der Waals surface area contributed by atoms with Crippen molar-refractivity contribution in [3.8, 4) is 0 Å². The van der Waals surface area contributed by atoms with E-state index in [1.165, 1.54) is 0 Å². The highest BCUT2D eigenvalue weighted by atomic mass is 16.2. The molecule has 0 spiro atoms. The van der Waals surface area contributed by atoms with Gasteiger partial charge in [0.25, 0.3) is 11.8 Å². The Hall–Kier alpha value is -2.89. The Morgan fingerprint density at radius 2 is 1.80 bits per heavy atom. The third-order valence-electron chi connectivity index (χ3n) is 4.23. The molecule has 0 saturated carbocycles. The molecule has 1 aromatic carbocycles. The average molecular weight is 339 g/mol. The lowest BCUT2D eigenvalue weighted by Crippen LogP contribution is -2.60. The first-order chi connectivity index (χ1) is 11.7. The largest absolute Gasteiger partial charge is 0.347 e. The number of hydrogen-bond donors (Lipinski definition) is 1. The van der Waals surface area contributed by atoms with Crippen LogP contribution in [-0.2, 0) is 16.1 Å². The highest BCUT2D eigenvalue weighted by Gasteiger charge is 2.41. The van der Waals surface area contributed by atoms with E-state index in [9.17, 15) is 14.4 Å². The maximum absolute atomic E-state index is 12.8. The van der Waals surface area contributed by atoms with E-state index in [0.717, 1.165) is 27.9 Å². The number of aromatic nitrogens is 1. The second-order valence-electron chi connectivity index (χ2n) is 7.02. The van der Waals surface area contributed by atoms with Crippen LogP contribution < -0.4 is 5.32 Å². The first-order valence-electron chi connectivity index (χ1n) is 8.23. The summed E-state index contributed by atoms with van der Waals surface area (Å²) in [5.41, 5.74) is 1.05. The molecule has 4 amide bonds. The van der Waals surface area contributed by atoms with Crippen LogP contribution >= 0.6 is 0 Å². The Morgan fingerprint density at radius 3 is 2.44 bits per heavy atom. The predicted octanol–water partition coefficient (Wildman–Crippen LogP) is 2.92. The summed E-state index contributed by atoms with van der Waals surface area (Å²) in [6.45, 7) is 8.06.